The van der Waals surface area contributed by atoms with Crippen LogP contribution in [0.4, 0.5) is 0 Å². The minimum Gasteiger partial charge on any atom is -0.330 e. The van der Waals surface area contributed by atoms with Gasteiger partial charge in [-0.25, -0.2) is 0 Å². The molecular formula is C13H28N2. The number of nitrogens with zero attached hydrogens (tertiary/aromatic N) is 1. The van der Waals surface area contributed by atoms with Gasteiger partial charge < -0.3 is 10.6 Å². The van der Waals surface area contributed by atoms with Gasteiger partial charge in [0.05, 0.1) is 0 Å². The number of piperidine rings is 1. The normalized spacial score (nSPS) is 20.0. The van der Waals surface area contributed by atoms with Gasteiger partial charge in [0.1, 0.15) is 0 Å². The van der Waals surface area contributed by atoms with Crippen LogP contribution >= 0.6 is 0 Å². The Morgan fingerprint density at radius 1 is 1.13 bits per heavy atom. The Kier molecular flexibility index (Phi) is 6.26. The summed E-state index contributed by atoms with van der Waals surface area (Å²) in [6, 6.07) is 0. The molecule has 1 fully saturated rings. The molecule has 1 saturated heterocycles. The average molecular weight is 212 g/mol. The summed E-state index contributed by atoms with van der Waals surface area (Å²) in [5.41, 5.74) is 5.49. The maximum atomic E-state index is 5.49. The van der Waals surface area contributed by atoms with Crippen molar-refractivity contribution in [3.63, 3.8) is 0 Å². The molecule has 0 spiro atoms. The molecule has 2 heteroatoms. The van der Waals surface area contributed by atoms with Gasteiger partial charge in [-0.2, -0.15) is 0 Å². The lowest BCUT2D eigenvalue weighted by Gasteiger charge is -2.33. The average Bonchev–Trinajstić information content (AvgIpc) is 2.25. The monoisotopic (exact) mass is 212 g/mol. The van der Waals surface area contributed by atoms with Crippen molar-refractivity contribution in [2.45, 2.75) is 46.0 Å². The molecule has 0 unspecified atom stereocenters. The first kappa shape index (κ1) is 13.0. The number of unbranched alkanes of at least 4 members (excludes halogenated alkanes) is 2. The molecule has 90 valence electrons. The van der Waals surface area contributed by atoms with Gasteiger partial charge in [-0.05, 0) is 63.7 Å². The maximum absolute atomic E-state index is 5.49. The van der Waals surface area contributed by atoms with Crippen LogP contribution in [0.15, 0.2) is 0 Å². The van der Waals surface area contributed by atoms with E-state index in [1.807, 2.05) is 0 Å². The fourth-order valence-electron chi connectivity index (χ4n) is 2.50. The summed E-state index contributed by atoms with van der Waals surface area (Å²) in [6.45, 7) is 9.53. The summed E-state index contributed by atoms with van der Waals surface area (Å²) in [5.74, 6) is 1.86. The third-order valence-corrected chi connectivity index (χ3v) is 3.75. The Balaban J connectivity index is 2.04. The largest absolute Gasteiger partial charge is 0.330 e. The quantitative estimate of drug-likeness (QED) is 0.685. The molecule has 0 amide bonds. The van der Waals surface area contributed by atoms with Gasteiger partial charge >= 0.3 is 0 Å². The Hall–Kier alpha value is -0.0800. The molecule has 15 heavy (non-hydrogen) atoms. The first-order chi connectivity index (χ1) is 7.24. The molecule has 0 radical (unpaired) electrons. The van der Waals surface area contributed by atoms with Crippen molar-refractivity contribution in [2.75, 3.05) is 26.2 Å². The third kappa shape index (κ3) is 4.98. The zero-order chi connectivity index (χ0) is 11.1. The van der Waals surface area contributed by atoms with Gasteiger partial charge in [-0.1, -0.05) is 20.3 Å². The Morgan fingerprint density at radius 3 is 2.33 bits per heavy atom. The molecule has 0 aromatic heterocycles. The molecule has 0 aromatic carbocycles. The predicted octanol–water partition coefficient (Wildman–Crippen LogP) is 2.48. The summed E-state index contributed by atoms with van der Waals surface area (Å²) in [7, 11) is 0. The SMILES string of the molecule is CC(C)C1CCN(CCCCCN)CC1. The summed E-state index contributed by atoms with van der Waals surface area (Å²) < 4.78 is 0. The smallest absolute Gasteiger partial charge is 0.00160 e. The van der Waals surface area contributed by atoms with Crippen molar-refractivity contribution in [3.8, 4) is 0 Å². The van der Waals surface area contributed by atoms with Gasteiger partial charge in [0.15, 0.2) is 0 Å². The Labute approximate surface area is 95.2 Å². The topological polar surface area (TPSA) is 29.3 Å². The van der Waals surface area contributed by atoms with Crippen LogP contribution in [-0.2, 0) is 0 Å². The van der Waals surface area contributed by atoms with E-state index in [-0.39, 0.29) is 0 Å². The fourth-order valence-corrected chi connectivity index (χ4v) is 2.50. The number of rotatable bonds is 6. The second-order valence-electron chi connectivity index (χ2n) is 5.27. The molecule has 0 bridgehead atoms. The van der Waals surface area contributed by atoms with Crippen molar-refractivity contribution in [2.24, 2.45) is 17.6 Å². The van der Waals surface area contributed by atoms with Crippen molar-refractivity contribution in [3.05, 3.63) is 0 Å². The van der Waals surface area contributed by atoms with Gasteiger partial charge in [0.2, 0.25) is 0 Å². The van der Waals surface area contributed by atoms with Crippen molar-refractivity contribution >= 4 is 0 Å². The minimum atomic E-state index is 0.857. The standard InChI is InChI=1S/C13H28N2/c1-12(2)13-6-10-15(11-7-13)9-5-3-4-8-14/h12-13H,3-11,14H2,1-2H3. The van der Waals surface area contributed by atoms with E-state index in [1.165, 1.54) is 51.7 Å². The number of hydrogen-bond acceptors (Lipinski definition) is 2. The highest BCUT2D eigenvalue weighted by atomic mass is 15.1. The molecule has 0 saturated carbocycles. The van der Waals surface area contributed by atoms with Crippen LogP contribution in [0.25, 0.3) is 0 Å². The van der Waals surface area contributed by atoms with E-state index in [0.29, 0.717) is 0 Å². The van der Waals surface area contributed by atoms with Crippen LogP contribution in [0.5, 0.6) is 0 Å². The van der Waals surface area contributed by atoms with Crippen LogP contribution in [0.2, 0.25) is 0 Å². The molecule has 1 aliphatic rings. The summed E-state index contributed by atoms with van der Waals surface area (Å²) >= 11 is 0. The Morgan fingerprint density at radius 2 is 1.80 bits per heavy atom. The van der Waals surface area contributed by atoms with E-state index < -0.39 is 0 Å². The van der Waals surface area contributed by atoms with E-state index in [2.05, 4.69) is 18.7 Å². The second-order valence-corrected chi connectivity index (χ2v) is 5.27. The van der Waals surface area contributed by atoms with E-state index in [4.69, 9.17) is 5.73 Å². The number of likely N-dealkylation sites (tertiary alicyclic amines) is 1. The molecule has 2 N–H and O–H groups in total. The van der Waals surface area contributed by atoms with Gasteiger partial charge in [0, 0.05) is 0 Å². The van der Waals surface area contributed by atoms with E-state index >= 15 is 0 Å². The van der Waals surface area contributed by atoms with Crippen molar-refractivity contribution in [1.29, 1.82) is 0 Å². The summed E-state index contributed by atoms with van der Waals surface area (Å²) in [4.78, 5) is 2.63. The first-order valence-electron chi connectivity index (χ1n) is 6.66. The van der Waals surface area contributed by atoms with Crippen LogP contribution in [0.3, 0.4) is 0 Å². The number of nitrogens with two attached hydrogens (primary N) is 1. The Bertz CT molecular complexity index is 149. The van der Waals surface area contributed by atoms with Gasteiger partial charge in [0.25, 0.3) is 0 Å². The van der Waals surface area contributed by atoms with Crippen molar-refractivity contribution < 1.29 is 0 Å². The molecule has 2 nitrogen and oxygen atoms in total. The lowest BCUT2D eigenvalue weighted by atomic mass is 9.87. The fraction of sp³-hybridized carbons (Fsp3) is 1.00. The lowest BCUT2D eigenvalue weighted by Crippen LogP contribution is -2.35. The highest BCUT2D eigenvalue weighted by Gasteiger charge is 2.20. The van der Waals surface area contributed by atoms with Crippen LogP contribution in [-0.4, -0.2) is 31.1 Å². The van der Waals surface area contributed by atoms with Gasteiger partial charge in [-0.15, -0.1) is 0 Å². The molecular weight excluding hydrogens is 184 g/mol. The minimum absolute atomic E-state index is 0.857. The molecule has 1 rings (SSSR count). The predicted molar refractivity (Wildman–Crippen MR) is 66.9 cm³/mol. The zero-order valence-corrected chi connectivity index (χ0v) is 10.5. The number of hydrogen-bond donors (Lipinski definition) is 1. The highest BCUT2D eigenvalue weighted by Crippen LogP contribution is 2.24. The third-order valence-electron chi connectivity index (χ3n) is 3.75. The first-order valence-corrected chi connectivity index (χ1v) is 6.66. The van der Waals surface area contributed by atoms with Crippen LogP contribution < -0.4 is 5.73 Å². The highest BCUT2D eigenvalue weighted by molar-refractivity contribution is 4.74. The van der Waals surface area contributed by atoms with Gasteiger partial charge in [-0.3, -0.25) is 0 Å². The zero-order valence-electron chi connectivity index (χ0n) is 10.5. The molecule has 1 heterocycles. The second kappa shape index (κ2) is 7.24. The lowest BCUT2D eigenvalue weighted by molar-refractivity contribution is 0.156. The van der Waals surface area contributed by atoms with Crippen LogP contribution in [0.1, 0.15) is 46.0 Å². The van der Waals surface area contributed by atoms with Crippen LogP contribution in [0, 0.1) is 11.8 Å². The van der Waals surface area contributed by atoms with Crippen molar-refractivity contribution in [1.82, 2.24) is 4.90 Å². The molecule has 0 aliphatic carbocycles. The molecule has 1 aliphatic heterocycles. The summed E-state index contributed by atoms with van der Waals surface area (Å²) in [6.07, 6.45) is 6.66. The van der Waals surface area contributed by atoms with E-state index in [9.17, 15) is 0 Å². The van der Waals surface area contributed by atoms with E-state index in [1.54, 1.807) is 0 Å². The van der Waals surface area contributed by atoms with E-state index in [0.717, 1.165) is 18.4 Å². The molecule has 0 aromatic rings. The maximum Gasteiger partial charge on any atom is -0.00160 e. The summed E-state index contributed by atoms with van der Waals surface area (Å²) in [5, 5.41) is 0. The molecule has 0 atom stereocenters.